The molecule has 3 rings (SSSR count). The Bertz CT molecular complexity index is 505. The highest BCUT2D eigenvalue weighted by atomic mass is 16.4. The van der Waals surface area contributed by atoms with Gasteiger partial charge in [-0.1, -0.05) is 0 Å². The summed E-state index contributed by atoms with van der Waals surface area (Å²) in [6.07, 6.45) is 5.06. The first kappa shape index (κ1) is 11.1. The van der Waals surface area contributed by atoms with Crippen LogP contribution in [0.25, 0.3) is 0 Å². The molecule has 0 atom stereocenters. The second kappa shape index (κ2) is 4.72. The van der Waals surface area contributed by atoms with Crippen molar-refractivity contribution in [3.63, 3.8) is 0 Å². The molecule has 0 unspecified atom stereocenters. The fraction of sp³-hybridized carbons (Fsp3) is 0.500. The van der Waals surface area contributed by atoms with E-state index in [2.05, 4.69) is 25.1 Å². The topological polar surface area (TPSA) is 67.9 Å². The second-order valence-electron chi connectivity index (χ2n) is 4.56. The average Bonchev–Trinajstić information content (AvgIpc) is 2.93. The van der Waals surface area contributed by atoms with Crippen LogP contribution < -0.4 is 4.90 Å². The number of aromatic nitrogens is 4. The van der Waals surface area contributed by atoms with Gasteiger partial charge in [0, 0.05) is 30.8 Å². The lowest BCUT2D eigenvalue weighted by Gasteiger charge is -2.31. The molecule has 94 valence electrons. The zero-order chi connectivity index (χ0) is 12.4. The molecule has 1 saturated heterocycles. The Kier molecular flexibility index (Phi) is 2.92. The highest BCUT2D eigenvalue weighted by molar-refractivity contribution is 5.39. The van der Waals surface area contributed by atoms with Crippen molar-refractivity contribution in [1.82, 2.24) is 20.2 Å². The van der Waals surface area contributed by atoms with E-state index in [-0.39, 0.29) is 0 Å². The van der Waals surface area contributed by atoms with Gasteiger partial charge in [-0.15, -0.1) is 10.2 Å². The van der Waals surface area contributed by atoms with Crippen LogP contribution in [0.1, 0.15) is 30.3 Å². The third kappa shape index (κ3) is 2.18. The van der Waals surface area contributed by atoms with Crippen molar-refractivity contribution in [3.05, 3.63) is 30.4 Å². The van der Waals surface area contributed by atoms with Gasteiger partial charge in [-0.25, -0.2) is 9.97 Å². The summed E-state index contributed by atoms with van der Waals surface area (Å²) in [5.41, 5.74) is 0.999. The minimum Gasteiger partial charge on any atom is -0.428 e. The van der Waals surface area contributed by atoms with E-state index in [1.54, 1.807) is 6.33 Å². The van der Waals surface area contributed by atoms with Gasteiger partial charge >= 0.3 is 0 Å². The second-order valence-corrected chi connectivity index (χ2v) is 4.56. The first-order chi connectivity index (χ1) is 8.83. The zero-order valence-corrected chi connectivity index (χ0v) is 10.3. The van der Waals surface area contributed by atoms with Crippen molar-refractivity contribution >= 4 is 5.82 Å². The molecule has 0 amide bonds. The average molecular weight is 245 g/mol. The number of hydrogen-bond acceptors (Lipinski definition) is 6. The van der Waals surface area contributed by atoms with Crippen molar-refractivity contribution in [2.45, 2.75) is 25.7 Å². The Balaban J connectivity index is 1.67. The van der Waals surface area contributed by atoms with Gasteiger partial charge in [0.05, 0.1) is 0 Å². The monoisotopic (exact) mass is 245 g/mol. The van der Waals surface area contributed by atoms with Crippen LogP contribution in [0.5, 0.6) is 0 Å². The molecule has 0 radical (unpaired) electrons. The van der Waals surface area contributed by atoms with Crippen molar-refractivity contribution in [3.8, 4) is 0 Å². The first-order valence-corrected chi connectivity index (χ1v) is 6.12. The fourth-order valence-electron chi connectivity index (χ4n) is 2.33. The summed E-state index contributed by atoms with van der Waals surface area (Å²) < 4.78 is 5.27. The molecule has 2 aromatic heterocycles. The van der Waals surface area contributed by atoms with Crippen LogP contribution in [0.3, 0.4) is 0 Å². The molecule has 18 heavy (non-hydrogen) atoms. The standard InChI is InChI=1S/C12H15N5O/c1-9-6-11(14-7-13-9)17-4-2-10(3-5-17)12-16-15-8-18-12/h6-8,10H,2-5H2,1H3. The molecule has 0 aromatic carbocycles. The lowest BCUT2D eigenvalue weighted by molar-refractivity contribution is 0.392. The van der Waals surface area contributed by atoms with Gasteiger partial charge in [-0.05, 0) is 19.8 Å². The molecule has 1 fully saturated rings. The molecular weight excluding hydrogens is 230 g/mol. The van der Waals surface area contributed by atoms with Crippen LogP contribution in [-0.2, 0) is 0 Å². The predicted molar refractivity (Wildman–Crippen MR) is 65.3 cm³/mol. The van der Waals surface area contributed by atoms with Crippen LogP contribution >= 0.6 is 0 Å². The summed E-state index contributed by atoms with van der Waals surface area (Å²) in [5, 5.41) is 7.73. The van der Waals surface area contributed by atoms with Gasteiger partial charge in [0.15, 0.2) is 0 Å². The van der Waals surface area contributed by atoms with Crippen LogP contribution in [-0.4, -0.2) is 33.3 Å². The number of hydrogen-bond donors (Lipinski definition) is 0. The van der Waals surface area contributed by atoms with Gasteiger partial charge in [0.1, 0.15) is 12.1 Å². The molecular formula is C12H15N5O. The van der Waals surface area contributed by atoms with Crippen LogP contribution in [0, 0.1) is 6.92 Å². The molecule has 2 aromatic rings. The number of aryl methyl sites for hydroxylation is 1. The molecule has 6 heteroatoms. The molecule has 0 bridgehead atoms. The fourth-order valence-corrected chi connectivity index (χ4v) is 2.33. The van der Waals surface area contributed by atoms with Crippen molar-refractivity contribution in [1.29, 1.82) is 0 Å². The smallest absolute Gasteiger partial charge is 0.219 e. The summed E-state index contributed by atoms with van der Waals surface area (Å²) in [6.45, 7) is 3.91. The molecule has 1 aliphatic rings. The van der Waals surface area contributed by atoms with E-state index >= 15 is 0 Å². The summed E-state index contributed by atoms with van der Waals surface area (Å²) in [4.78, 5) is 10.7. The Morgan fingerprint density at radius 3 is 2.78 bits per heavy atom. The first-order valence-electron chi connectivity index (χ1n) is 6.12. The van der Waals surface area contributed by atoms with Crippen molar-refractivity contribution in [2.24, 2.45) is 0 Å². The van der Waals surface area contributed by atoms with E-state index in [9.17, 15) is 0 Å². The molecule has 3 heterocycles. The maximum atomic E-state index is 5.27. The Morgan fingerprint density at radius 2 is 2.11 bits per heavy atom. The molecule has 0 N–H and O–H groups in total. The lowest BCUT2D eigenvalue weighted by Crippen LogP contribution is -2.33. The Labute approximate surface area is 105 Å². The van der Waals surface area contributed by atoms with E-state index in [1.165, 1.54) is 6.39 Å². The largest absolute Gasteiger partial charge is 0.428 e. The molecule has 0 saturated carbocycles. The summed E-state index contributed by atoms with van der Waals surface area (Å²) >= 11 is 0. The zero-order valence-electron chi connectivity index (χ0n) is 10.3. The van der Waals surface area contributed by atoms with Gasteiger partial charge in [0.2, 0.25) is 12.3 Å². The van der Waals surface area contributed by atoms with E-state index in [0.29, 0.717) is 5.92 Å². The van der Waals surface area contributed by atoms with E-state index in [0.717, 1.165) is 43.3 Å². The number of nitrogens with zero attached hydrogens (tertiary/aromatic N) is 5. The van der Waals surface area contributed by atoms with Crippen LogP contribution in [0.2, 0.25) is 0 Å². The molecule has 0 spiro atoms. The molecule has 6 nitrogen and oxygen atoms in total. The normalized spacial score (nSPS) is 17.1. The highest BCUT2D eigenvalue weighted by Gasteiger charge is 2.24. The lowest BCUT2D eigenvalue weighted by atomic mass is 9.97. The van der Waals surface area contributed by atoms with Crippen molar-refractivity contribution in [2.75, 3.05) is 18.0 Å². The van der Waals surface area contributed by atoms with E-state index in [4.69, 9.17) is 4.42 Å². The maximum absolute atomic E-state index is 5.27. The van der Waals surface area contributed by atoms with Gasteiger partial charge in [0.25, 0.3) is 0 Å². The number of rotatable bonds is 2. The van der Waals surface area contributed by atoms with Crippen LogP contribution in [0.4, 0.5) is 5.82 Å². The Morgan fingerprint density at radius 1 is 1.28 bits per heavy atom. The predicted octanol–water partition coefficient (Wildman–Crippen LogP) is 1.55. The van der Waals surface area contributed by atoms with Crippen molar-refractivity contribution < 1.29 is 4.42 Å². The van der Waals surface area contributed by atoms with Crippen LogP contribution in [0.15, 0.2) is 23.2 Å². The van der Waals surface area contributed by atoms with E-state index in [1.807, 2.05) is 13.0 Å². The number of anilines is 1. The summed E-state index contributed by atoms with van der Waals surface area (Å²) in [6, 6.07) is 2.02. The quantitative estimate of drug-likeness (QED) is 0.799. The maximum Gasteiger partial charge on any atom is 0.219 e. The Hall–Kier alpha value is -1.98. The van der Waals surface area contributed by atoms with Gasteiger partial charge < -0.3 is 9.32 Å². The van der Waals surface area contributed by atoms with Gasteiger partial charge in [-0.3, -0.25) is 0 Å². The molecule has 0 aliphatic carbocycles. The minimum atomic E-state index is 0.381. The third-order valence-electron chi connectivity index (χ3n) is 3.33. The SMILES string of the molecule is Cc1cc(N2CCC(c3nnco3)CC2)ncn1. The summed E-state index contributed by atoms with van der Waals surface area (Å²) in [5.74, 6) is 2.15. The number of piperidine rings is 1. The highest BCUT2D eigenvalue weighted by Crippen LogP contribution is 2.28. The van der Waals surface area contributed by atoms with Gasteiger partial charge in [-0.2, -0.15) is 0 Å². The van der Waals surface area contributed by atoms with E-state index < -0.39 is 0 Å². The molecule has 1 aliphatic heterocycles. The third-order valence-corrected chi connectivity index (χ3v) is 3.33. The summed E-state index contributed by atoms with van der Waals surface area (Å²) in [7, 11) is 0. The minimum absolute atomic E-state index is 0.381.